The van der Waals surface area contributed by atoms with Crippen LogP contribution in [0, 0.1) is 0 Å². The number of methoxy groups -OCH3 is 1. The van der Waals surface area contributed by atoms with Gasteiger partial charge in [-0.3, -0.25) is 0 Å². The lowest BCUT2D eigenvalue weighted by Gasteiger charge is -2.14. The molecule has 0 aliphatic heterocycles. The van der Waals surface area contributed by atoms with Gasteiger partial charge < -0.3 is 10.1 Å². The second-order valence-electron chi connectivity index (χ2n) is 3.81. The Labute approximate surface area is 105 Å². The molecule has 2 aromatic rings. The van der Waals surface area contributed by atoms with Crippen molar-refractivity contribution in [3.63, 3.8) is 0 Å². The van der Waals surface area contributed by atoms with Crippen LogP contribution in [0.2, 0.25) is 0 Å². The monoisotopic (exact) mass is 248 g/mol. The highest BCUT2D eigenvalue weighted by Crippen LogP contribution is 2.19. The minimum Gasteiger partial charge on any atom is -0.497 e. The molecule has 1 N–H and O–H groups in total. The highest BCUT2D eigenvalue weighted by Gasteiger charge is 2.06. The molecule has 1 aromatic heterocycles. The topological polar surface area (TPSA) is 34.1 Å². The molecule has 1 atom stereocenters. The van der Waals surface area contributed by atoms with Crippen molar-refractivity contribution in [3.05, 3.63) is 46.4 Å². The molecule has 0 fully saturated rings. The van der Waals surface area contributed by atoms with Gasteiger partial charge in [-0.2, -0.15) is 0 Å². The second kappa shape index (κ2) is 5.80. The molecule has 0 amide bonds. The Bertz CT molecular complexity index is 456. The molecule has 0 spiro atoms. The first-order chi connectivity index (χ1) is 8.29. The van der Waals surface area contributed by atoms with E-state index in [1.807, 2.05) is 23.7 Å². The Morgan fingerprint density at radius 2 is 2.35 bits per heavy atom. The average molecular weight is 248 g/mol. The summed E-state index contributed by atoms with van der Waals surface area (Å²) in [6.07, 6.45) is 1.83. The van der Waals surface area contributed by atoms with Gasteiger partial charge in [0.1, 0.15) is 10.8 Å². The van der Waals surface area contributed by atoms with E-state index in [1.54, 1.807) is 18.4 Å². The van der Waals surface area contributed by atoms with Crippen LogP contribution in [0.15, 0.2) is 35.8 Å². The zero-order chi connectivity index (χ0) is 12.1. The van der Waals surface area contributed by atoms with Crippen LogP contribution in [0.1, 0.15) is 23.5 Å². The predicted molar refractivity (Wildman–Crippen MR) is 70.4 cm³/mol. The molecule has 17 heavy (non-hydrogen) atoms. The summed E-state index contributed by atoms with van der Waals surface area (Å²) in [5.74, 6) is 0.894. The maximum atomic E-state index is 5.22. The highest BCUT2D eigenvalue weighted by molar-refractivity contribution is 7.09. The molecule has 1 unspecified atom stereocenters. The van der Waals surface area contributed by atoms with Gasteiger partial charge in [0.25, 0.3) is 0 Å². The Balaban J connectivity index is 1.96. The van der Waals surface area contributed by atoms with Gasteiger partial charge in [-0.05, 0) is 24.6 Å². The van der Waals surface area contributed by atoms with E-state index in [0.29, 0.717) is 0 Å². The quantitative estimate of drug-likeness (QED) is 0.883. The Kier molecular flexibility index (Phi) is 4.12. The maximum Gasteiger partial charge on any atom is 0.119 e. The average Bonchev–Trinajstić information content (AvgIpc) is 2.89. The molecule has 90 valence electrons. The van der Waals surface area contributed by atoms with Crippen molar-refractivity contribution in [2.45, 2.75) is 19.5 Å². The predicted octanol–water partition coefficient (Wildman–Crippen LogP) is 3.00. The molecule has 4 heteroatoms. The van der Waals surface area contributed by atoms with Crippen molar-refractivity contribution in [2.75, 3.05) is 7.11 Å². The minimum atomic E-state index is 0.286. The summed E-state index contributed by atoms with van der Waals surface area (Å²) < 4.78 is 5.22. The third-order valence-corrected chi connectivity index (χ3v) is 3.42. The van der Waals surface area contributed by atoms with E-state index in [2.05, 4.69) is 29.4 Å². The maximum absolute atomic E-state index is 5.22. The van der Waals surface area contributed by atoms with Crippen LogP contribution in [0.5, 0.6) is 5.75 Å². The smallest absolute Gasteiger partial charge is 0.119 e. The molecule has 0 aliphatic carbocycles. The molecular formula is C13H16N2OS. The van der Waals surface area contributed by atoms with Crippen molar-refractivity contribution in [1.29, 1.82) is 0 Å². The number of ether oxygens (including phenoxy) is 1. The van der Waals surface area contributed by atoms with Crippen molar-refractivity contribution < 1.29 is 4.74 Å². The standard InChI is InChI=1S/C13H16N2OS/c1-10(15-9-13-14-6-7-17-13)11-4-3-5-12(8-11)16-2/h3-8,10,15H,9H2,1-2H3. The lowest BCUT2D eigenvalue weighted by Crippen LogP contribution is -2.17. The number of rotatable bonds is 5. The van der Waals surface area contributed by atoms with Crippen molar-refractivity contribution in [1.82, 2.24) is 10.3 Å². The van der Waals surface area contributed by atoms with Crippen LogP contribution >= 0.6 is 11.3 Å². The van der Waals surface area contributed by atoms with Crippen LogP contribution < -0.4 is 10.1 Å². The third kappa shape index (κ3) is 3.28. The minimum absolute atomic E-state index is 0.286. The summed E-state index contributed by atoms with van der Waals surface area (Å²) in [4.78, 5) is 4.25. The van der Waals surface area contributed by atoms with E-state index < -0.39 is 0 Å². The normalized spacial score (nSPS) is 12.4. The summed E-state index contributed by atoms with van der Waals surface area (Å²) in [6, 6.07) is 8.41. The van der Waals surface area contributed by atoms with E-state index in [4.69, 9.17) is 4.74 Å². The van der Waals surface area contributed by atoms with Gasteiger partial charge >= 0.3 is 0 Å². The third-order valence-electron chi connectivity index (χ3n) is 2.64. The van der Waals surface area contributed by atoms with Gasteiger partial charge in [0.2, 0.25) is 0 Å². The van der Waals surface area contributed by atoms with Gasteiger partial charge in [-0.25, -0.2) is 4.98 Å². The first kappa shape index (κ1) is 12.1. The lowest BCUT2D eigenvalue weighted by molar-refractivity contribution is 0.413. The van der Waals surface area contributed by atoms with E-state index in [9.17, 15) is 0 Å². The summed E-state index contributed by atoms with van der Waals surface area (Å²) in [7, 11) is 1.69. The number of hydrogen-bond acceptors (Lipinski definition) is 4. The molecular weight excluding hydrogens is 232 g/mol. The van der Waals surface area contributed by atoms with Crippen molar-refractivity contribution >= 4 is 11.3 Å². The van der Waals surface area contributed by atoms with Crippen LogP contribution in [-0.2, 0) is 6.54 Å². The summed E-state index contributed by atoms with van der Waals surface area (Å²) in [5.41, 5.74) is 1.22. The Hall–Kier alpha value is -1.39. The fourth-order valence-electron chi connectivity index (χ4n) is 1.61. The van der Waals surface area contributed by atoms with Crippen LogP contribution in [0.3, 0.4) is 0 Å². The van der Waals surface area contributed by atoms with Gasteiger partial charge in [0.15, 0.2) is 0 Å². The van der Waals surface area contributed by atoms with E-state index >= 15 is 0 Å². The number of benzene rings is 1. The largest absolute Gasteiger partial charge is 0.497 e. The van der Waals surface area contributed by atoms with Gasteiger partial charge in [-0.1, -0.05) is 12.1 Å². The second-order valence-corrected chi connectivity index (χ2v) is 4.78. The molecule has 2 rings (SSSR count). The molecule has 0 radical (unpaired) electrons. The molecule has 0 bridgehead atoms. The summed E-state index contributed by atoms with van der Waals surface area (Å²) in [6.45, 7) is 2.94. The van der Waals surface area contributed by atoms with Crippen LogP contribution in [0.25, 0.3) is 0 Å². The SMILES string of the molecule is COc1cccc(C(C)NCc2nccs2)c1. The number of nitrogens with zero attached hydrogens (tertiary/aromatic N) is 1. The number of thiazole rings is 1. The van der Waals surface area contributed by atoms with Crippen LogP contribution in [0.4, 0.5) is 0 Å². The van der Waals surface area contributed by atoms with Gasteiger partial charge in [0, 0.05) is 24.2 Å². The fraction of sp³-hybridized carbons (Fsp3) is 0.308. The molecule has 0 saturated carbocycles. The molecule has 0 aliphatic rings. The summed E-state index contributed by atoms with van der Waals surface area (Å²) >= 11 is 1.67. The number of hydrogen-bond donors (Lipinski definition) is 1. The van der Waals surface area contributed by atoms with E-state index in [-0.39, 0.29) is 6.04 Å². The Morgan fingerprint density at radius 3 is 3.06 bits per heavy atom. The van der Waals surface area contributed by atoms with Crippen molar-refractivity contribution in [3.8, 4) is 5.75 Å². The molecule has 3 nitrogen and oxygen atoms in total. The van der Waals surface area contributed by atoms with Gasteiger partial charge in [0.05, 0.1) is 7.11 Å². The zero-order valence-corrected chi connectivity index (χ0v) is 10.8. The Morgan fingerprint density at radius 1 is 1.47 bits per heavy atom. The molecule has 1 aromatic carbocycles. The first-order valence-electron chi connectivity index (χ1n) is 5.55. The first-order valence-corrected chi connectivity index (χ1v) is 6.43. The van der Waals surface area contributed by atoms with Crippen LogP contribution in [-0.4, -0.2) is 12.1 Å². The number of nitrogens with one attached hydrogen (secondary N) is 1. The van der Waals surface area contributed by atoms with Gasteiger partial charge in [-0.15, -0.1) is 11.3 Å². The summed E-state index contributed by atoms with van der Waals surface area (Å²) in [5, 5.41) is 6.55. The fourth-order valence-corrected chi connectivity index (χ4v) is 2.18. The molecule has 1 heterocycles. The van der Waals surface area contributed by atoms with E-state index in [0.717, 1.165) is 17.3 Å². The lowest BCUT2D eigenvalue weighted by atomic mass is 10.1. The molecule has 0 saturated heterocycles. The zero-order valence-electron chi connectivity index (χ0n) is 10.0. The van der Waals surface area contributed by atoms with E-state index in [1.165, 1.54) is 5.56 Å². The highest BCUT2D eigenvalue weighted by atomic mass is 32.1. The number of aromatic nitrogens is 1. The van der Waals surface area contributed by atoms with Crippen molar-refractivity contribution in [2.24, 2.45) is 0 Å².